The van der Waals surface area contributed by atoms with E-state index in [4.69, 9.17) is 9.84 Å². The van der Waals surface area contributed by atoms with E-state index in [0.29, 0.717) is 24.8 Å². The zero-order valence-corrected chi connectivity index (χ0v) is 20.1. The molecule has 3 fully saturated rings. The van der Waals surface area contributed by atoms with Crippen molar-refractivity contribution >= 4 is 28.2 Å². The number of aromatic nitrogens is 3. The van der Waals surface area contributed by atoms with Crippen LogP contribution in [-0.4, -0.2) is 57.7 Å². The number of pyridine rings is 1. The number of ether oxygens (including phenoxy) is 1. The Morgan fingerprint density at radius 3 is 2.65 bits per heavy atom. The molecule has 4 heterocycles. The Morgan fingerprint density at radius 1 is 1.16 bits per heavy atom. The quantitative estimate of drug-likeness (QED) is 0.523. The average Bonchev–Trinajstić information content (AvgIpc) is 3.63. The molecule has 196 valence electrons. The molecule has 0 unspecified atom stereocenters. The van der Waals surface area contributed by atoms with Gasteiger partial charge in [-0.15, -0.1) is 0 Å². The van der Waals surface area contributed by atoms with Crippen LogP contribution >= 0.6 is 0 Å². The molecule has 3 aliphatic rings. The number of nitrogens with one attached hydrogen (secondary N) is 1. The van der Waals surface area contributed by atoms with E-state index < -0.39 is 17.8 Å². The van der Waals surface area contributed by atoms with Crippen molar-refractivity contribution in [2.45, 2.75) is 56.5 Å². The monoisotopic (exact) mass is 515 g/mol. The summed E-state index contributed by atoms with van der Waals surface area (Å²) in [6.07, 6.45) is 2.10. The number of aliphatic hydroxyl groups excluding tert-OH is 1. The van der Waals surface area contributed by atoms with Crippen LogP contribution in [0.1, 0.15) is 54.3 Å². The first-order valence-electron chi connectivity index (χ1n) is 12.7. The number of halogens is 3. The summed E-state index contributed by atoms with van der Waals surface area (Å²) in [6.45, 7) is 1.48. The molecule has 8 nitrogen and oxygen atoms in total. The van der Waals surface area contributed by atoms with Crippen LogP contribution in [0.2, 0.25) is 0 Å². The number of aliphatic hydroxyl groups is 1. The highest BCUT2D eigenvalue weighted by Gasteiger charge is 2.40. The molecule has 2 aliphatic heterocycles. The third-order valence-corrected chi connectivity index (χ3v) is 7.82. The summed E-state index contributed by atoms with van der Waals surface area (Å²) in [7, 11) is 0. The molecule has 1 aliphatic carbocycles. The Hall–Kier alpha value is -3.18. The summed E-state index contributed by atoms with van der Waals surface area (Å²) in [6, 6.07) is 7.49. The topological polar surface area (TPSA) is 92.5 Å². The van der Waals surface area contributed by atoms with Gasteiger partial charge in [0.25, 0.3) is 5.91 Å². The van der Waals surface area contributed by atoms with Crippen molar-refractivity contribution in [1.82, 2.24) is 14.8 Å². The van der Waals surface area contributed by atoms with Crippen molar-refractivity contribution in [2.75, 3.05) is 30.0 Å². The van der Waals surface area contributed by atoms with Gasteiger partial charge in [0.15, 0.2) is 0 Å². The molecular formula is C26H28F3N5O3. The van der Waals surface area contributed by atoms with E-state index in [1.54, 1.807) is 0 Å². The first-order chi connectivity index (χ1) is 17.8. The van der Waals surface area contributed by atoms with Crippen LogP contribution in [0.25, 0.3) is 10.9 Å². The second kappa shape index (κ2) is 9.29. The van der Waals surface area contributed by atoms with Gasteiger partial charge < -0.3 is 20.1 Å². The van der Waals surface area contributed by atoms with E-state index >= 15 is 0 Å². The molecule has 2 aromatic heterocycles. The van der Waals surface area contributed by atoms with E-state index in [-0.39, 0.29) is 30.5 Å². The maximum Gasteiger partial charge on any atom is 0.433 e. The minimum atomic E-state index is -4.64. The van der Waals surface area contributed by atoms with E-state index in [1.165, 1.54) is 12.1 Å². The number of amides is 1. The van der Waals surface area contributed by atoms with Gasteiger partial charge in [0.1, 0.15) is 11.4 Å². The lowest BCUT2D eigenvalue weighted by molar-refractivity contribution is -0.141. The summed E-state index contributed by atoms with van der Waals surface area (Å²) in [4.78, 5) is 18.8. The lowest BCUT2D eigenvalue weighted by Gasteiger charge is -2.30. The van der Waals surface area contributed by atoms with E-state index in [0.717, 1.165) is 54.8 Å². The number of carbonyl (C=O) groups excluding carboxylic acids is 1. The second-order valence-corrected chi connectivity index (χ2v) is 10.3. The van der Waals surface area contributed by atoms with E-state index in [2.05, 4.69) is 15.2 Å². The van der Waals surface area contributed by atoms with Gasteiger partial charge in [-0.3, -0.25) is 9.48 Å². The van der Waals surface area contributed by atoms with Crippen LogP contribution < -0.4 is 10.2 Å². The molecule has 37 heavy (non-hydrogen) atoms. The van der Waals surface area contributed by atoms with Gasteiger partial charge in [0, 0.05) is 24.7 Å². The zero-order chi connectivity index (χ0) is 25.7. The Labute approximate surface area is 211 Å². The van der Waals surface area contributed by atoms with Crippen LogP contribution in [-0.2, 0) is 10.9 Å². The molecule has 0 radical (unpaired) electrons. The molecule has 3 aromatic rings. The number of rotatable bonds is 5. The summed E-state index contributed by atoms with van der Waals surface area (Å²) in [5.41, 5.74) is 0.661. The predicted molar refractivity (Wildman–Crippen MR) is 130 cm³/mol. The van der Waals surface area contributed by atoms with Gasteiger partial charge in [0.05, 0.1) is 41.7 Å². The van der Waals surface area contributed by atoms with Crippen molar-refractivity contribution in [2.24, 2.45) is 5.92 Å². The number of hydrogen-bond donors (Lipinski definition) is 2. The first-order valence-corrected chi connectivity index (χ1v) is 12.7. The second-order valence-electron chi connectivity index (χ2n) is 10.3. The molecule has 2 bridgehead atoms. The first kappa shape index (κ1) is 24.2. The zero-order valence-electron chi connectivity index (χ0n) is 20.1. The summed E-state index contributed by atoms with van der Waals surface area (Å²) in [5.74, 6) is -0.367. The Kier molecular flexibility index (Phi) is 6.07. The largest absolute Gasteiger partial charge is 0.433 e. The average molecular weight is 516 g/mol. The van der Waals surface area contributed by atoms with Gasteiger partial charge in [-0.05, 0) is 62.3 Å². The third-order valence-electron chi connectivity index (χ3n) is 7.82. The molecule has 1 amide bonds. The molecule has 2 saturated heterocycles. The molecule has 1 aromatic carbocycles. The fourth-order valence-electron chi connectivity index (χ4n) is 5.80. The van der Waals surface area contributed by atoms with Gasteiger partial charge in [0.2, 0.25) is 0 Å². The number of nitrogens with zero attached hydrogens (tertiary/aromatic N) is 4. The molecule has 2 N–H and O–H groups in total. The number of benzene rings is 1. The van der Waals surface area contributed by atoms with Crippen molar-refractivity contribution < 1.29 is 27.8 Å². The van der Waals surface area contributed by atoms with Crippen molar-refractivity contribution in [3.63, 3.8) is 0 Å². The number of carbonyl (C=O) groups is 1. The Bertz CT molecular complexity index is 1320. The van der Waals surface area contributed by atoms with Crippen molar-refractivity contribution in [3.05, 3.63) is 47.9 Å². The highest BCUT2D eigenvalue weighted by molar-refractivity contribution is 6.06. The SMILES string of the molecule is O=C(Nc1cc2cn([C@H]3CC[C@H](CO)CC3)nc2cc1N1C[C@@H]2C[C@H]1CO2)c1cccc(C(F)(F)F)n1. The number of hydrogen-bond acceptors (Lipinski definition) is 6. The van der Waals surface area contributed by atoms with Crippen LogP contribution in [0.5, 0.6) is 0 Å². The van der Waals surface area contributed by atoms with E-state index in [9.17, 15) is 23.1 Å². The standard InChI is InChI=1S/C26H28F3N5O3/c27-26(28,29)24-3-1-2-20(30-24)25(36)31-22-8-16-11-34(17-6-4-15(13-35)5-7-17)32-21(16)10-23(22)33-12-19-9-18(33)14-37-19/h1-3,8,10-11,15,17-19,35H,4-7,9,12-14H2,(H,31,36)/t15-,17-,18-,19-/m0/s1. The highest BCUT2D eigenvalue weighted by Crippen LogP contribution is 2.40. The van der Waals surface area contributed by atoms with Crippen LogP contribution in [0, 0.1) is 5.92 Å². The maximum atomic E-state index is 13.2. The summed E-state index contributed by atoms with van der Waals surface area (Å²) < 4.78 is 47.2. The normalized spacial score (nSPS) is 25.7. The van der Waals surface area contributed by atoms with Gasteiger partial charge in [-0.2, -0.15) is 18.3 Å². The molecule has 11 heteroatoms. The minimum absolute atomic E-state index is 0.119. The molecular weight excluding hydrogens is 487 g/mol. The highest BCUT2D eigenvalue weighted by atomic mass is 19.4. The Balaban J connectivity index is 1.33. The summed E-state index contributed by atoms with van der Waals surface area (Å²) in [5, 5.41) is 17.9. The summed E-state index contributed by atoms with van der Waals surface area (Å²) >= 11 is 0. The molecule has 6 rings (SSSR count). The Morgan fingerprint density at radius 2 is 1.97 bits per heavy atom. The lowest BCUT2D eigenvalue weighted by atomic mass is 9.87. The van der Waals surface area contributed by atoms with Crippen LogP contribution in [0.15, 0.2) is 36.5 Å². The molecule has 2 atom stereocenters. The maximum absolute atomic E-state index is 13.2. The van der Waals surface area contributed by atoms with Gasteiger partial charge in [-0.25, -0.2) is 4.98 Å². The lowest BCUT2D eigenvalue weighted by Crippen LogP contribution is -2.37. The molecule has 0 spiro atoms. The molecule has 1 saturated carbocycles. The number of morpholine rings is 1. The fourth-order valence-corrected chi connectivity index (χ4v) is 5.80. The number of fused-ring (bicyclic) bond motifs is 3. The smallest absolute Gasteiger partial charge is 0.396 e. The van der Waals surface area contributed by atoms with Crippen LogP contribution in [0.3, 0.4) is 0 Å². The number of alkyl halides is 3. The minimum Gasteiger partial charge on any atom is -0.396 e. The van der Waals surface area contributed by atoms with Gasteiger partial charge in [-0.1, -0.05) is 6.07 Å². The predicted octanol–water partition coefficient (Wildman–Crippen LogP) is 4.40. The third kappa shape index (κ3) is 4.66. The fraction of sp³-hybridized carbons (Fsp3) is 0.500. The van der Waals surface area contributed by atoms with Crippen molar-refractivity contribution in [1.29, 1.82) is 0 Å². The number of anilines is 2. The van der Waals surface area contributed by atoms with Gasteiger partial charge >= 0.3 is 6.18 Å². The van der Waals surface area contributed by atoms with Crippen molar-refractivity contribution in [3.8, 4) is 0 Å². The van der Waals surface area contributed by atoms with E-state index in [1.807, 2.05) is 23.0 Å². The van der Waals surface area contributed by atoms with Crippen LogP contribution in [0.4, 0.5) is 24.5 Å².